The first-order chi connectivity index (χ1) is 5.97. The summed E-state index contributed by atoms with van der Waals surface area (Å²) in [6.07, 6.45) is 1.84. The van der Waals surface area contributed by atoms with E-state index in [9.17, 15) is 0 Å². The Morgan fingerprint density at radius 2 is 2.07 bits per heavy atom. The Morgan fingerprint density at radius 3 is 2.64 bits per heavy atom. The van der Waals surface area contributed by atoms with Gasteiger partial charge in [-0.15, -0.1) is 24.8 Å². The van der Waals surface area contributed by atoms with Crippen LogP contribution < -0.4 is 10.6 Å². The topological polar surface area (TPSA) is 37.0 Å². The lowest BCUT2D eigenvalue weighted by atomic mass is 10.1. The van der Waals surface area contributed by atoms with E-state index in [1.165, 1.54) is 0 Å². The number of nitrogens with zero attached hydrogens (tertiary/aromatic N) is 1. The van der Waals surface area contributed by atoms with Gasteiger partial charge in [-0.3, -0.25) is 4.98 Å². The third-order valence-corrected chi connectivity index (χ3v) is 2.09. The Labute approximate surface area is 96.5 Å². The van der Waals surface area contributed by atoms with Gasteiger partial charge in [0.1, 0.15) is 0 Å². The van der Waals surface area contributed by atoms with Gasteiger partial charge in [0.15, 0.2) is 0 Å². The summed E-state index contributed by atoms with van der Waals surface area (Å²) in [6.45, 7) is 3.07. The smallest absolute Gasteiger partial charge is 0.0622 e. The van der Waals surface area contributed by atoms with Crippen molar-refractivity contribution < 1.29 is 0 Å². The maximum Gasteiger partial charge on any atom is 0.0622 e. The van der Waals surface area contributed by atoms with Gasteiger partial charge < -0.3 is 10.6 Å². The highest BCUT2D eigenvalue weighted by atomic mass is 35.5. The fraction of sp³-hybridized carbons (Fsp3) is 0.444. The van der Waals surface area contributed by atoms with E-state index in [1.807, 2.05) is 18.3 Å². The van der Waals surface area contributed by atoms with Crippen LogP contribution in [-0.4, -0.2) is 24.6 Å². The van der Waals surface area contributed by atoms with Gasteiger partial charge in [-0.25, -0.2) is 0 Å². The van der Waals surface area contributed by atoms with Crippen LogP contribution in [0, 0.1) is 0 Å². The molecule has 2 N–H and O–H groups in total. The fourth-order valence-electron chi connectivity index (χ4n) is 1.44. The summed E-state index contributed by atoms with van der Waals surface area (Å²) in [5.41, 5.74) is 1.13. The van der Waals surface area contributed by atoms with Crippen molar-refractivity contribution in [2.24, 2.45) is 0 Å². The first-order valence-corrected chi connectivity index (χ1v) is 4.32. The molecular weight excluding hydrogens is 221 g/mol. The SMILES string of the molecule is Cl.Cl.c1ccc(C2CNCCN2)nc1. The Kier molecular flexibility index (Phi) is 6.83. The number of rotatable bonds is 1. The Morgan fingerprint density at radius 1 is 1.21 bits per heavy atom. The number of piperazine rings is 1. The predicted octanol–water partition coefficient (Wildman–Crippen LogP) is 1.16. The summed E-state index contributed by atoms with van der Waals surface area (Å²) in [7, 11) is 0. The molecule has 0 saturated carbocycles. The van der Waals surface area contributed by atoms with Gasteiger partial charge in [-0.2, -0.15) is 0 Å². The third-order valence-electron chi connectivity index (χ3n) is 2.09. The van der Waals surface area contributed by atoms with E-state index in [-0.39, 0.29) is 24.8 Å². The molecule has 1 aromatic rings. The van der Waals surface area contributed by atoms with Crippen LogP contribution in [0.15, 0.2) is 24.4 Å². The summed E-state index contributed by atoms with van der Waals surface area (Å²) in [4.78, 5) is 4.30. The molecule has 1 unspecified atom stereocenters. The second kappa shape index (κ2) is 7.01. The number of pyridine rings is 1. The van der Waals surface area contributed by atoms with Crippen LogP contribution in [0.3, 0.4) is 0 Å². The summed E-state index contributed by atoms with van der Waals surface area (Å²) < 4.78 is 0. The van der Waals surface area contributed by atoms with Gasteiger partial charge in [0, 0.05) is 25.8 Å². The molecule has 1 saturated heterocycles. The molecule has 2 heterocycles. The zero-order chi connectivity index (χ0) is 8.23. The third kappa shape index (κ3) is 3.42. The maximum absolute atomic E-state index is 4.30. The quantitative estimate of drug-likeness (QED) is 0.768. The van der Waals surface area contributed by atoms with Crippen LogP contribution in [0.5, 0.6) is 0 Å². The Hall–Kier alpha value is -0.350. The molecular formula is C9H15Cl2N3. The fourth-order valence-corrected chi connectivity index (χ4v) is 1.44. The largest absolute Gasteiger partial charge is 0.314 e. The van der Waals surface area contributed by atoms with Crippen molar-refractivity contribution in [1.82, 2.24) is 15.6 Å². The van der Waals surface area contributed by atoms with Crippen LogP contribution in [-0.2, 0) is 0 Å². The average molecular weight is 236 g/mol. The van der Waals surface area contributed by atoms with Crippen LogP contribution in [0.2, 0.25) is 0 Å². The highest BCUT2D eigenvalue weighted by molar-refractivity contribution is 5.85. The van der Waals surface area contributed by atoms with Crippen LogP contribution in [0.4, 0.5) is 0 Å². The lowest BCUT2D eigenvalue weighted by Gasteiger charge is -2.23. The molecule has 0 aliphatic carbocycles. The van der Waals surface area contributed by atoms with Gasteiger partial charge in [0.05, 0.1) is 11.7 Å². The molecule has 0 amide bonds. The molecule has 1 atom stereocenters. The van der Waals surface area contributed by atoms with Gasteiger partial charge in [-0.1, -0.05) is 6.07 Å². The highest BCUT2D eigenvalue weighted by Gasteiger charge is 2.13. The summed E-state index contributed by atoms with van der Waals surface area (Å²) in [6, 6.07) is 6.42. The Balaban J connectivity index is 0.000000845. The molecule has 1 aliphatic heterocycles. The van der Waals surface area contributed by atoms with E-state index in [1.54, 1.807) is 0 Å². The molecule has 1 aromatic heterocycles. The number of hydrogen-bond acceptors (Lipinski definition) is 3. The van der Waals surface area contributed by atoms with Gasteiger partial charge in [-0.05, 0) is 12.1 Å². The summed E-state index contributed by atoms with van der Waals surface area (Å²) in [5.74, 6) is 0. The van der Waals surface area contributed by atoms with E-state index < -0.39 is 0 Å². The number of halogens is 2. The molecule has 80 valence electrons. The lowest BCUT2D eigenvalue weighted by molar-refractivity contribution is 0.423. The molecule has 1 fully saturated rings. The molecule has 0 spiro atoms. The van der Waals surface area contributed by atoms with Crippen molar-refractivity contribution in [2.45, 2.75) is 6.04 Å². The van der Waals surface area contributed by atoms with E-state index >= 15 is 0 Å². The van der Waals surface area contributed by atoms with E-state index in [2.05, 4.69) is 21.7 Å². The predicted molar refractivity (Wildman–Crippen MR) is 62.3 cm³/mol. The van der Waals surface area contributed by atoms with Crippen LogP contribution in [0.25, 0.3) is 0 Å². The molecule has 3 nitrogen and oxygen atoms in total. The van der Waals surface area contributed by atoms with Gasteiger partial charge >= 0.3 is 0 Å². The molecule has 0 aromatic carbocycles. The summed E-state index contributed by atoms with van der Waals surface area (Å²) >= 11 is 0. The standard InChI is InChI=1S/C9H13N3.2ClH/c1-2-4-11-8(3-1)9-7-10-5-6-12-9;;/h1-4,9-10,12H,5-7H2;2*1H. The molecule has 0 bridgehead atoms. The second-order valence-corrected chi connectivity index (χ2v) is 2.97. The van der Waals surface area contributed by atoms with Crippen molar-refractivity contribution >= 4 is 24.8 Å². The molecule has 5 heteroatoms. The molecule has 2 rings (SSSR count). The lowest BCUT2D eigenvalue weighted by Crippen LogP contribution is -2.42. The van der Waals surface area contributed by atoms with Crippen molar-refractivity contribution in [3.63, 3.8) is 0 Å². The second-order valence-electron chi connectivity index (χ2n) is 2.97. The minimum atomic E-state index is 0. The first-order valence-electron chi connectivity index (χ1n) is 4.32. The summed E-state index contributed by atoms with van der Waals surface area (Å²) in [5, 5.41) is 6.74. The van der Waals surface area contributed by atoms with E-state index in [4.69, 9.17) is 0 Å². The minimum Gasteiger partial charge on any atom is -0.314 e. The molecule has 0 radical (unpaired) electrons. The number of aromatic nitrogens is 1. The normalized spacial score (nSPS) is 20.4. The molecule has 1 aliphatic rings. The number of nitrogens with one attached hydrogen (secondary N) is 2. The van der Waals surface area contributed by atoms with Crippen molar-refractivity contribution in [3.05, 3.63) is 30.1 Å². The Bertz CT molecular complexity index is 237. The minimum absolute atomic E-state index is 0. The van der Waals surface area contributed by atoms with Crippen molar-refractivity contribution in [2.75, 3.05) is 19.6 Å². The zero-order valence-corrected chi connectivity index (χ0v) is 9.40. The number of hydrogen-bond donors (Lipinski definition) is 2. The average Bonchev–Trinajstić information content (AvgIpc) is 2.21. The van der Waals surface area contributed by atoms with Crippen molar-refractivity contribution in [3.8, 4) is 0 Å². The highest BCUT2D eigenvalue weighted by Crippen LogP contribution is 2.08. The van der Waals surface area contributed by atoms with E-state index in [0.717, 1.165) is 25.3 Å². The van der Waals surface area contributed by atoms with Crippen molar-refractivity contribution in [1.29, 1.82) is 0 Å². The maximum atomic E-state index is 4.30. The monoisotopic (exact) mass is 235 g/mol. The van der Waals surface area contributed by atoms with Crippen LogP contribution in [0.1, 0.15) is 11.7 Å². The zero-order valence-electron chi connectivity index (χ0n) is 7.77. The van der Waals surface area contributed by atoms with Gasteiger partial charge in [0.25, 0.3) is 0 Å². The van der Waals surface area contributed by atoms with Crippen LogP contribution >= 0.6 is 24.8 Å². The molecule has 14 heavy (non-hydrogen) atoms. The van der Waals surface area contributed by atoms with E-state index in [0.29, 0.717) is 6.04 Å². The van der Waals surface area contributed by atoms with Gasteiger partial charge in [0.2, 0.25) is 0 Å². The first kappa shape index (κ1) is 13.7.